The average molecular weight is 508 g/mol. The van der Waals surface area contributed by atoms with Gasteiger partial charge in [-0.25, -0.2) is 4.79 Å². The molecule has 2 rings (SSSR count). The minimum atomic E-state index is -1.14. The topological polar surface area (TPSA) is 97.0 Å². The molecular formula is C29H37N3O5. The molecule has 2 aromatic rings. The molecule has 2 N–H and O–H groups in total. The Bertz CT molecular complexity index is 1130. The fourth-order valence-electron chi connectivity index (χ4n) is 3.75. The second-order valence-electron chi connectivity index (χ2n) is 10.1. The van der Waals surface area contributed by atoms with Crippen molar-refractivity contribution in [3.05, 3.63) is 59.7 Å². The molecule has 2 aromatic carbocycles. The molecule has 8 nitrogen and oxygen atoms in total. The highest BCUT2D eigenvalue weighted by Crippen LogP contribution is 2.27. The number of methoxy groups -OCH3 is 1. The summed E-state index contributed by atoms with van der Waals surface area (Å²) in [6.45, 7) is 10.9. The van der Waals surface area contributed by atoms with Crippen LogP contribution in [0.25, 0.3) is 0 Å². The van der Waals surface area contributed by atoms with Gasteiger partial charge in [-0.1, -0.05) is 44.5 Å². The number of alkyl carbamates (subject to hydrolysis) is 1. The summed E-state index contributed by atoms with van der Waals surface area (Å²) < 4.78 is 10.5. The molecule has 2 atom stereocenters. The Morgan fingerprint density at radius 1 is 1.05 bits per heavy atom. The second kappa shape index (κ2) is 12.8. The number of hydrogen-bond donors (Lipinski definition) is 2. The minimum Gasteiger partial charge on any atom is -0.497 e. The van der Waals surface area contributed by atoms with E-state index in [1.165, 1.54) is 0 Å². The molecule has 8 heteroatoms. The van der Waals surface area contributed by atoms with Gasteiger partial charge in [0.1, 0.15) is 23.4 Å². The van der Waals surface area contributed by atoms with Gasteiger partial charge in [0.2, 0.25) is 0 Å². The van der Waals surface area contributed by atoms with Gasteiger partial charge < -0.3 is 20.1 Å². The van der Waals surface area contributed by atoms with Crippen molar-refractivity contribution in [1.29, 1.82) is 0 Å². The molecular weight excluding hydrogens is 470 g/mol. The Morgan fingerprint density at radius 3 is 2.19 bits per heavy atom. The molecule has 0 saturated carbocycles. The Balaban J connectivity index is 2.45. The smallest absolute Gasteiger partial charge is 0.408 e. The van der Waals surface area contributed by atoms with Crippen LogP contribution in [-0.4, -0.2) is 41.6 Å². The lowest BCUT2D eigenvalue weighted by atomic mass is 9.97. The van der Waals surface area contributed by atoms with E-state index in [-0.39, 0.29) is 5.92 Å². The summed E-state index contributed by atoms with van der Waals surface area (Å²) in [5.74, 6) is -0.390. The quantitative estimate of drug-likeness (QED) is 0.366. The number of nitrogens with one attached hydrogen (secondary N) is 2. The maximum atomic E-state index is 13.8. The van der Waals surface area contributed by atoms with Crippen LogP contribution in [0.2, 0.25) is 0 Å². The van der Waals surface area contributed by atoms with Gasteiger partial charge in [0.05, 0.1) is 7.11 Å². The molecule has 0 bridgehead atoms. The largest absolute Gasteiger partial charge is 0.497 e. The van der Waals surface area contributed by atoms with Crippen LogP contribution >= 0.6 is 0 Å². The van der Waals surface area contributed by atoms with Gasteiger partial charge in [-0.05, 0) is 75.4 Å². The van der Waals surface area contributed by atoms with Crippen LogP contribution in [0, 0.1) is 25.3 Å². The number of anilines is 1. The van der Waals surface area contributed by atoms with Gasteiger partial charge in [0, 0.05) is 11.7 Å². The van der Waals surface area contributed by atoms with Gasteiger partial charge in [-0.15, -0.1) is 0 Å². The lowest BCUT2D eigenvalue weighted by molar-refractivity contribution is -0.137. The number of carbonyl (C=O) groups excluding carboxylic acids is 3. The van der Waals surface area contributed by atoms with Crippen molar-refractivity contribution in [2.45, 2.75) is 65.6 Å². The maximum Gasteiger partial charge on any atom is 0.408 e. The van der Waals surface area contributed by atoms with E-state index in [9.17, 15) is 14.4 Å². The zero-order chi connectivity index (χ0) is 27.8. The summed E-state index contributed by atoms with van der Waals surface area (Å²) in [6, 6.07) is 14.3. The number of rotatable bonds is 9. The molecule has 3 amide bonds. The third-order valence-corrected chi connectivity index (χ3v) is 5.42. The van der Waals surface area contributed by atoms with Crippen molar-refractivity contribution >= 4 is 23.6 Å². The third-order valence-electron chi connectivity index (χ3n) is 5.42. The van der Waals surface area contributed by atoms with E-state index in [0.717, 1.165) is 10.5 Å². The van der Waals surface area contributed by atoms with Gasteiger partial charge in [-0.2, -0.15) is 0 Å². The highest BCUT2D eigenvalue weighted by atomic mass is 16.6. The van der Waals surface area contributed by atoms with E-state index in [0.29, 0.717) is 23.4 Å². The summed E-state index contributed by atoms with van der Waals surface area (Å²) in [4.78, 5) is 41.0. The fourth-order valence-corrected chi connectivity index (χ4v) is 3.75. The lowest BCUT2D eigenvalue weighted by Crippen LogP contribution is -2.51. The van der Waals surface area contributed by atoms with E-state index >= 15 is 0 Å². The molecule has 0 aliphatic rings. The van der Waals surface area contributed by atoms with Crippen LogP contribution < -0.4 is 15.4 Å². The van der Waals surface area contributed by atoms with Crippen LogP contribution in [0.1, 0.15) is 58.2 Å². The number of aryl methyl sites for hydroxylation is 1. The van der Waals surface area contributed by atoms with E-state index in [1.54, 1.807) is 64.3 Å². The monoisotopic (exact) mass is 507 g/mol. The van der Waals surface area contributed by atoms with Crippen LogP contribution in [0.3, 0.4) is 0 Å². The number of terminal acetylenes is 1. The zero-order valence-corrected chi connectivity index (χ0v) is 22.6. The predicted octanol–water partition coefficient (Wildman–Crippen LogP) is 5.04. The number of carbonyl (C=O) groups is 3. The third kappa shape index (κ3) is 8.57. The molecule has 0 fully saturated rings. The Kier molecular flexibility index (Phi) is 10.1. The van der Waals surface area contributed by atoms with Crippen LogP contribution in [0.4, 0.5) is 10.5 Å². The molecule has 0 spiro atoms. The number of ether oxygens (including phenoxy) is 2. The van der Waals surface area contributed by atoms with E-state index in [4.69, 9.17) is 15.9 Å². The molecule has 0 radical (unpaired) electrons. The number of amides is 3. The Hall–Kier alpha value is -3.99. The maximum absolute atomic E-state index is 13.8. The Morgan fingerprint density at radius 2 is 1.68 bits per heavy atom. The van der Waals surface area contributed by atoms with Gasteiger partial charge in [0.25, 0.3) is 11.8 Å². The second-order valence-corrected chi connectivity index (χ2v) is 10.1. The van der Waals surface area contributed by atoms with Crippen molar-refractivity contribution < 1.29 is 23.9 Å². The molecule has 0 aliphatic carbocycles. The molecule has 37 heavy (non-hydrogen) atoms. The molecule has 0 aromatic heterocycles. The summed E-state index contributed by atoms with van der Waals surface area (Å²) in [5, 5.41) is 5.49. The van der Waals surface area contributed by atoms with Crippen molar-refractivity contribution in [3.63, 3.8) is 0 Å². The average Bonchev–Trinajstić information content (AvgIpc) is 2.81. The number of benzene rings is 2. The normalized spacial score (nSPS) is 12.6. The highest BCUT2D eigenvalue weighted by Gasteiger charge is 2.36. The zero-order valence-electron chi connectivity index (χ0n) is 22.6. The van der Waals surface area contributed by atoms with Gasteiger partial charge in [-0.3, -0.25) is 14.5 Å². The molecule has 0 heterocycles. The van der Waals surface area contributed by atoms with Crippen molar-refractivity contribution in [3.8, 4) is 18.2 Å². The molecule has 198 valence electrons. The lowest BCUT2D eigenvalue weighted by Gasteiger charge is -2.31. The van der Waals surface area contributed by atoms with Crippen LogP contribution in [0.5, 0.6) is 5.75 Å². The minimum absolute atomic E-state index is 0.0496. The SMILES string of the molecule is C#CN(C(=O)C(CC(C)C)NC(=O)OC(C)(C)C)C(C(=O)Nc1ccc(OC)cc1)c1ccccc1C. The van der Waals surface area contributed by atoms with Crippen LogP contribution in [-0.2, 0) is 14.3 Å². The summed E-state index contributed by atoms with van der Waals surface area (Å²) in [6.07, 6.45) is 5.41. The molecule has 0 saturated heterocycles. The Labute approximate surface area is 219 Å². The van der Waals surface area contributed by atoms with Crippen molar-refractivity contribution in [1.82, 2.24) is 10.2 Å². The van der Waals surface area contributed by atoms with Crippen molar-refractivity contribution in [2.24, 2.45) is 5.92 Å². The van der Waals surface area contributed by atoms with Gasteiger partial charge >= 0.3 is 6.09 Å². The first-order valence-corrected chi connectivity index (χ1v) is 12.2. The first-order chi connectivity index (χ1) is 17.4. The van der Waals surface area contributed by atoms with Crippen LogP contribution in [0.15, 0.2) is 48.5 Å². The number of hydrogen-bond acceptors (Lipinski definition) is 5. The molecule has 0 aliphatic heterocycles. The van der Waals surface area contributed by atoms with Crippen molar-refractivity contribution in [2.75, 3.05) is 12.4 Å². The predicted molar refractivity (Wildman–Crippen MR) is 144 cm³/mol. The standard InChI is InChI=1S/C29H37N3O5/c1-9-32(27(34)24(18-19(2)3)31-28(35)37-29(5,6)7)25(23-13-11-10-12-20(23)4)26(33)30-21-14-16-22(36-8)17-15-21/h1,10-17,19,24-25H,18H2,2-8H3,(H,30,33)(H,31,35). The summed E-state index contributed by atoms with van der Waals surface area (Å²) >= 11 is 0. The summed E-state index contributed by atoms with van der Waals surface area (Å²) in [5.41, 5.74) is 1.12. The van der Waals surface area contributed by atoms with E-state index in [2.05, 4.69) is 16.7 Å². The summed E-state index contributed by atoms with van der Waals surface area (Å²) in [7, 11) is 1.55. The van der Waals surface area contributed by atoms with Gasteiger partial charge in [0.15, 0.2) is 0 Å². The number of nitrogens with zero attached hydrogens (tertiary/aromatic N) is 1. The van der Waals surface area contributed by atoms with E-state index in [1.807, 2.05) is 32.9 Å². The van der Waals surface area contributed by atoms with E-state index < -0.39 is 35.6 Å². The first-order valence-electron chi connectivity index (χ1n) is 12.2. The highest BCUT2D eigenvalue weighted by molar-refractivity contribution is 5.99. The first kappa shape index (κ1) is 29.2. The fraction of sp³-hybridized carbons (Fsp3) is 0.414. The molecule has 2 unspecified atom stereocenters.